The molecule has 0 atom stereocenters. The first-order chi connectivity index (χ1) is 10.6. The van der Waals surface area contributed by atoms with Crippen molar-refractivity contribution in [3.63, 3.8) is 0 Å². The molecule has 0 aliphatic carbocycles. The molecule has 22 heavy (non-hydrogen) atoms. The molecular weight excluding hydrogens is 288 g/mol. The van der Waals surface area contributed by atoms with Crippen LogP contribution in [0.25, 0.3) is 5.69 Å². The van der Waals surface area contributed by atoms with E-state index in [1.165, 1.54) is 23.0 Å². The SMILES string of the molecule is NCCCCNC(=O)c1cn(-c2cccc([N+](=O)[O-])c2)nn1. The second kappa shape index (κ2) is 7.27. The van der Waals surface area contributed by atoms with Crippen LogP contribution in [-0.2, 0) is 0 Å². The van der Waals surface area contributed by atoms with Gasteiger partial charge in [0, 0.05) is 18.7 Å². The zero-order chi connectivity index (χ0) is 15.9. The maximum atomic E-state index is 11.9. The van der Waals surface area contributed by atoms with Gasteiger partial charge in [-0.2, -0.15) is 0 Å². The Kier molecular flexibility index (Phi) is 5.15. The molecule has 0 saturated carbocycles. The van der Waals surface area contributed by atoms with Crippen LogP contribution in [0.1, 0.15) is 23.3 Å². The first-order valence-electron chi connectivity index (χ1n) is 6.77. The summed E-state index contributed by atoms with van der Waals surface area (Å²) in [5.41, 5.74) is 5.93. The fourth-order valence-corrected chi connectivity index (χ4v) is 1.80. The number of unbranched alkanes of at least 4 members (excludes halogenated alkanes) is 1. The number of nitrogens with one attached hydrogen (secondary N) is 1. The van der Waals surface area contributed by atoms with Gasteiger partial charge in [0.2, 0.25) is 0 Å². The Morgan fingerprint density at radius 2 is 2.23 bits per heavy atom. The Hall–Kier alpha value is -2.81. The topological polar surface area (TPSA) is 129 Å². The van der Waals surface area contributed by atoms with Crippen LogP contribution in [0.3, 0.4) is 0 Å². The largest absolute Gasteiger partial charge is 0.351 e. The lowest BCUT2D eigenvalue weighted by Gasteiger charge is -2.01. The molecular formula is C13H16N6O3. The van der Waals surface area contributed by atoms with Gasteiger partial charge in [-0.15, -0.1) is 5.10 Å². The smallest absolute Gasteiger partial charge is 0.273 e. The third kappa shape index (κ3) is 3.85. The minimum absolute atomic E-state index is 0.0548. The maximum absolute atomic E-state index is 11.9. The lowest BCUT2D eigenvalue weighted by atomic mass is 10.3. The van der Waals surface area contributed by atoms with Gasteiger partial charge in [0.25, 0.3) is 11.6 Å². The average Bonchev–Trinajstić information content (AvgIpc) is 3.01. The zero-order valence-electron chi connectivity index (χ0n) is 11.8. The number of carbonyl (C=O) groups excluding carboxylic acids is 1. The number of rotatable bonds is 7. The van der Waals surface area contributed by atoms with E-state index in [4.69, 9.17) is 5.73 Å². The highest BCUT2D eigenvalue weighted by molar-refractivity contribution is 5.91. The molecule has 9 nitrogen and oxygen atoms in total. The van der Waals surface area contributed by atoms with Gasteiger partial charge in [0.1, 0.15) is 0 Å². The minimum atomic E-state index is -0.495. The fourth-order valence-electron chi connectivity index (χ4n) is 1.80. The predicted octanol–water partition coefficient (Wildman–Crippen LogP) is 0.644. The van der Waals surface area contributed by atoms with Crippen LogP contribution in [0.2, 0.25) is 0 Å². The predicted molar refractivity (Wildman–Crippen MR) is 78.6 cm³/mol. The summed E-state index contributed by atoms with van der Waals surface area (Å²) in [6.07, 6.45) is 3.05. The summed E-state index contributed by atoms with van der Waals surface area (Å²) in [7, 11) is 0. The van der Waals surface area contributed by atoms with Gasteiger partial charge in [-0.1, -0.05) is 11.3 Å². The number of nitrogens with zero attached hydrogens (tertiary/aromatic N) is 4. The van der Waals surface area contributed by atoms with Gasteiger partial charge < -0.3 is 11.1 Å². The number of amides is 1. The quantitative estimate of drug-likeness (QED) is 0.439. The van der Waals surface area contributed by atoms with Crippen molar-refractivity contribution in [2.75, 3.05) is 13.1 Å². The Morgan fingerprint density at radius 3 is 2.95 bits per heavy atom. The molecule has 1 aromatic heterocycles. The maximum Gasteiger partial charge on any atom is 0.273 e. The van der Waals surface area contributed by atoms with E-state index in [1.807, 2.05) is 0 Å². The highest BCUT2D eigenvalue weighted by Gasteiger charge is 2.12. The van der Waals surface area contributed by atoms with Crippen molar-refractivity contribution in [1.29, 1.82) is 0 Å². The Bertz CT molecular complexity index is 669. The number of nitro groups is 1. The number of benzene rings is 1. The summed E-state index contributed by atoms with van der Waals surface area (Å²) in [4.78, 5) is 22.1. The number of hydrogen-bond donors (Lipinski definition) is 2. The molecule has 0 fully saturated rings. The normalized spacial score (nSPS) is 10.4. The van der Waals surface area contributed by atoms with Crippen LogP contribution in [0.15, 0.2) is 30.5 Å². The van der Waals surface area contributed by atoms with Crippen molar-refractivity contribution in [2.45, 2.75) is 12.8 Å². The van der Waals surface area contributed by atoms with Gasteiger partial charge >= 0.3 is 0 Å². The molecule has 1 amide bonds. The molecule has 0 saturated heterocycles. The molecule has 0 spiro atoms. The number of hydrogen-bond acceptors (Lipinski definition) is 6. The lowest BCUT2D eigenvalue weighted by Crippen LogP contribution is -2.25. The van der Waals surface area contributed by atoms with Gasteiger partial charge in [-0.3, -0.25) is 14.9 Å². The van der Waals surface area contributed by atoms with Crippen molar-refractivity contribution in [3.05, 3.63) is 46.3 Å². The van der Waals surface area contributed by atoms with E-state index in [-0.39, 0.29) is 17.3 Å². The van der Waals surface area contributed by atoms with Gasteiger partial charge in [0.15, 0.2) is 5.69 Å². The number of nitrogens with two attached hydrogens (primary N) is 1. The van der Waals surface area contributed by atoms with Crippen LogP contribution in [0.4, 0.5) is 5.69 Å². The first kappa shape index (κ1) is 15.6. The van der Waals surface area contributed by atoms with Crippen molar-refractivity contribution in [1.82, 2.24) is 20.3 Å². The van der Waals surface area contributed by atoms with Gasteiger partial charge in [0.05, 0.1) is 16.8 Å². The molecule has 1 heterocycles. The Labute approximate surface area is 126 Å². The summed E-state index contributed by atoms with van der Waals surface area (Å²) < 4.78 is 1.32. The van der Waals surface area contributed by atoms with Crippen LogP contribution >= 0.6 is 0 Å². The summed E-state index contributed by atoms with van der Waals surface area (Å²) in [6.45, 7) is 1.10. The van der Waals surface area contributed by atoms with Crippen molar-refractivity contribution in [3.8, 4) is 5.69 Å². The Balaban J connectivity index is 2.06. The van der Waals surface area contributed by atoms with E-state index >= 15 is 0 Å². The average molecular weight is 304 g/mol. The van der Waals surface area contributed by atoms with Gasteiger partial charge in [-0.05, 0) is 25.5 Å². The molecule has 0 aliphatic rings. The molecule has 0 unspecified atom stereocenters. The molecule has 0 aliphatic heterocycles. The second-order valence-electron chi connectivity index (χ2n) is 4.58. The van der Waals surface area contributed by atoms with E-state index < -0.39 is 4.92 Å². The van der Waals surface area contributed by atoms with E-state index in [0.29, 0.717) is 18.8 Å². The molecule has 116 valence electrons. The monoisotopic (exact) mass is 304 g/mol. The van der Waals surface area contributed by atoms with E-state index in [1.54, 1.807) is 12.1 Å². The summed E-state index contributed by atoms with van der Waals surface area (Å²) in [5.74, 6) is -0.339. The van der Waals surface area contributed by atoms with E-state index in [2.05, 4.69) is 15.6 Å². The zero-order valence-corrected chi connectivity index (χ0v) is 11.8. The van der Waals surface area contributed by atoms with Crippen LogP contribution < -0.4 is 11.1 Å². The molecule has 3 N–H and O–H groups in total. The highest BCUT2D eigenvalue weighted by Crippen LogP contribution is 2.15. The summed E-state index contributed by atoms with van der Waals surface area (Å²) in [6, 6.07) is 5.93. The van der Waals surface area contributed by atoms with Crippen LogP contribution in [0, 0.1) is 10.1 Å². The number of non-ortho nitro benzene ring substituents is 1. The highest BCUT2D eigenvalue weighted by atomic mass is 16.6. The molecule has 1 aromatic carbocycles. The molecule has 0 bridgehead atoms. The molecule has 9 heteroatoms. The third-order valence-corrected chi connectivity index (χ3v) is 2.95. The summed E-state index contributed by atoms with van der Waals surface area (Å²) >= 11 is 0. The van der Waals surface area contributed by atoms with Crippen molar-refractivity contribution >= 4 is 11.6 Å². The number of aromatic nitrogens is 3. The van der Waals surface area contributed by atoms with E-state index in [0.717, 1.165) is 12.8 Å². The second-order valence-corrected chi connectivity index (χ2v) is 4.58. The fraction of sp³-hybridized carbons (Fsp3) is 0.308. The molecule has 2 rings (SSSR count). The third-order valence-electron chi connectivity index (χ3n) is 2.95. The van der Waals surface area contributed by atoms with Crippen LogP contribution in [-0.4, -0.2) is 38.9 Å². The lowest BCUT2D eigenvalue weighted by molar-refractivity contribution is -0.384. The number of carbonyl (C=O) groups is 1. The summed E-state index contributed by atoms with van der Waals surface area (Å²) in [5, 5.41) is 21.1. The first-order valence-corrected chi connectivity index (χ1v) is 6.77. The Morgan fingerprint density at radius 1 is 1.41 bits per heavy atom. The number of nitro benzene ring substituents is 1. The van der Waals surface area contributed by atoms with Crippen LogP contribution in [0.5, 0.6) is 0 Å². The van der Waals surface area contributed by atoms with Crippen molar-refractivity contribution < 1.29 is 9.72 Å². The van der Waals surface area contributed by atoms with Gasteiger partial charge in [-0.25, -0.2) is 4.68 Å². The van der Waals surface area contributed by atoms with Crippen molar-refractivity contribution in [2.24, 2.45) is 5.73 Å². The molecule has 2 aromatic rings. The van der Waals surface area contributed by atoms with E-state index in [9.17, 15) is 14.9 Å². The standard InChI is InChI=1S/C13H16N6O3/c14-6-1-2-7-15-13(20)12-9-18(17-16-12)10-4-3-5-11(8-10)19(21)22/h3-5,8-9H,1-2,6-7,14H2,(H,15,20). The minimum Gasteiger partial charge on any atom is -0.351 e. The molecule has 0 radical (unpaired) electrons.